The van der Waals surface area contributed by atoms with Gasteiger partial charge in [0.2, 0.25) is 10.0 Å². The van der Waals surface area contributed by atoms with Gasteiger partial charge in [0, 0.05) is 32.2 Å². The Morgan fingerprint density at radius 3 is 2.15 bits per heavy atom. The summed E-state index contributed by atoms with van der Waals surface area (Å²) in [5, 5.41) is 0. The van der Waals surface area contributed by atoms with E-state index in [1.54, 1.807) is 28.6 Å². The van der Waals surface area contributed by atoms with Crippen molar-refractivity contribution in [3.63, 3.8) is 0 Å². The van der Waals surface area contributed by atoms with Gasteiger partial charge in [-0.2, -0.15) is 4.31 Å². The largest absolute Gasteiger partial charge is 0.324 e. The van der Waals surface area contributed by atoms with E-state index in [2.05, 4.69) is 11.8 Å². The maximum Gasteiger partial charge on any atom is 0.243 e. The summed E-state index contributed by atoms with van der Waals surface area (Å²) in [7, 11) is -3.37. The van der Waals surface area contributed by atoms with E-state index in [0.717, 1.165) is 25.2 Å². The van der Waals surface area contributed by atoms with Crippen molar-refractivity contribution in [1.29, 1.82) is 0 Å². The van der Waals surface area contributed by atoms with Crippen molar-refractivity contribution in [2.75, 3.05) is 32.7 Å². The lowest BCUT2D eigenvalue weighted by molar-refractivity contribution is 0.196. The van der Waals surface area contributed by atoms with Gasteiger partial charge in [-0.1, -0.05) is 19.1 Å². The maximum atomic E-state index is 12.5. The predicted molar refractivity (Wildman–Crippen MR) is 79.9 cm³/mol. The van der Waals surface area contributed by atoms with Crippen LogP contribution in [-0.2, 0) is 10.0 Å². The van der Waals surface area contributed by atoms with Crippen molar-refractivity contribution in [3.8, 4) is 0 Å². The highest BCUT2D eigenvalue weighted by molar-refractivity contribution is 7.89. The van der Waals surface area contributed by atoms with Gasteiger partial charge in [-0.3, -0.25) is 0 Å². The second-order valence-electron chi connectivity index (χ2n) is 5.20. The fourth-order valence-electron chi connectivity index (χ4n) is 2.38. The zero-order chi connectivity index (χ0) is 14.8. The van der Waals surface area contributed by atoms with Crippen molar-refractivity contribution in [2.45, 2.75) is 24.8 Å². The SMILES string of the molecule is CCN1CCN(S(=O)(=O)c2ccc(C(C)N)cc2)CC1. The molecule has 0 aliphatic carbocycles. The molecule has 0 spiro atoms. The lowest BCUT2D eigenvalue weighted by Gasteiger charge is -2.33. The highest BCUT2D eigenvalue weighted by Gasteiger charge is 2.27. The first-order valence-electron chi connectivity index (χ1n) is 7.03. The molecule has 1 heterocycles. The number of nitrogens with two attached hydrogens (primary N) is 1. The summed E-state index contributed by atoms with van der Waals surface area (Å²) in [5.74, 6) is 0. The van der Waals surface area contributed by atoms with Crippen molar-refractivity contribution in [3.05, 3.63) is 29.8 Å². The summed E-state index contributed by atoms with van der Waals surface area (Å²) >= 11 is 0. The molecular weight excluding hydrogens is 274 g/mol. The normalized spacial score (nSPS) is 19.9. The van der Waals surface area contributed by atoms with E-state index in [-0.39, 0.29) is 6.04 Å². The Morgan fingerprint density at radius 2 is 1.70 bits per heavy atom. The van der Waals surface area contributed by atoms with Crippen LogP contribution >= 0.6 is 0 Å². The summed E-state index contributed by atoms with van der Waals surface area (Å²) in [4.78, 5) is 2.61. The van der Waals surface area contributed by atoms with Crippen LogP contribution in [0, 0.1) is 0 Å². The molecule has 6 heteroatoms. The molecule has 0 amide bonds. The lowest BCUT2D eigenvalue weighted by atomic mass is 10.1. The van der Waals surface area contributed by atoms with Gasteiger partial charge in [0.1, 0.15) is 0 Å². The van der Waals surface area contributed by atoms with E-state index < -0.39 is 10.0 Å². The first-order valence-corrected chi connectivity index (χ1v) is 8.47. The minimum Gasteiger partial charge on any atom is -0.324 e. The minimum absolute atomic E-state index is 0.0835. The summed E-state index contributed by atoms with van der Waals surface area (Å²) in [6.45, 7) is 7.67. The van der Waals surface area contributed by atoms with Gasteiger partial charge in [-0.25, -0.2) is 8.42 Å². The topological polar surface area (TPSA) is 66.6 Å². The fraction of sp³-hybridized carbons (Fsp3) is 0.571. The van der Waals surface area contributed by atoms with Crippen LogP contribution in [-0.4, -0.2) is 50.3 Å². The van der Waals surface area contributed by atoms with Crippen LogP contribution in [0.5, 0.6) is 0 Å². The minimum atomic E-state index is -3.37. The third kappa shape index (κ3) is 3.20. The van der Waals surface area contributed by atoms with E-state index >= 15 is 0 Å². The van der Waals surface area contributed by atoms with Gasteiger partial charge in [0.15, 0.2) is 0 Å². The zero-order valence-electron chi connectivity index (χ0n) is 12.1. The molecule has 2 N–H and O–H groups in total. The molecule has 0 radical (unpaired) electrons. The third-order valence-corrected chi connectivity index (χ3v) is 5.74. The number of hydrogen-bond donors (Lipinski definition) is 1. The molecule has 112 valence electrons. The molecule has 1 aliphatic rings. The highest BCUT2D eigenvalue weighted by Crippen LogP contribution is 2.19. The molecule has 2 rings (SSSR count). The zero-order valence-corrected chi connectivity index (χ0v) is 12.9. The van der Waals surface area contributed by atoms with Crippen molar-refractivity contribution < 1.29 is 8.42 Å². The van der Waals surface area contributed by atoms with Crippen LogP contribution < -0.4 is 5.73 Å². The Balaban J connectivity index is 2.14. The Bertz CT molecular complexity index is 532. The number of nitrogens with zero attached hydrogens (tertiary/aromatic N) is 2. The van der Waals surface area contributed by atoms with Crippen molar-refractivity contribution in [2.24, 2.45) is 5.73 Å². The molecule has 0 saturated carbocycles. The first kappa shape index (κ1) is 15.4. The van der Waals surface area contributed by atoms with Crippen LogP contribution in [0.3, 0.4) is 0 Å². The Morgan fingerprint density at radius 1 is 1.15 bits per heavy atom. The van der Waals surface area contributed by atoms with Gasteiger partial charge in [-0.05, 0) is 31.2 Å². The van der Waals surface area contributed by atoms with Gasteiger partial charge in [0.05, 0.1) is 4.90 Å². The van der Waals surface area contributed by atoms with Gasteiger partial charge in [0.25, 0.3) is 0 Å². The van der Waals surface area contributed by atoms with Crippen LogP contribution in [0.4, 0.5) is 0 Å². The van der Waals surface area contributed by atoms with E-state index in [1.165, 1.54) is 0 Å². The monoisotopic (exact) mass is 297 g/mol. The molecule has 1 saturated heterocycles. The number of benzene rings is 1. The average molecular weight is 297 g/mol. The molecule has 20 heavy (non-hydrogen) atoms. The summed E-state index contributed by atoms with van der Waals surface area (Å²) in [6.07, 6.45) is 0. The summed E-state index contributed by atoms with van der Waals surface area (Å²) in [5.41, 5.74) is 6.73. The standard InChI is InChI=1S/C14H23N3O2S/c1-3-16-8-10-17(11-9-16)20(18,19)14-6-4-13(5-7-14)12(2)15/h4-7,12H,3,8-11,15H2,1-2H3. The predicted octanol–water partition coefficient (Wildman–Crippen LogP) is 1.03. The van der Waals surface area contributed by atoms with E-state index in [0.29, 0.717) is 18.0 Å². The molecule has 5 nitrogen and oxygen atoms in total. The second kappa shape index (κ2) is 6.22. The smallest absolute Gasteiger partial charge is 0.243 e. The molecule has 1 unspecified atom stereocenters. The molecule has 0 aromatic heterocycles. The second-order valence-corrected chi connectivity index (χ2v) is 7.13. The quantitative estimate of drug-likeness (QED) is 0.901. The van der Waals surface area contributed by atoms with Gasteiger partial charge < -0.3 is 10.6 Å². The van der Waals surface area contributed by atoms with Crippen LogP contribution in [0.1, 0.15) is 25.5 Å². The van der Waals surface area contributed by atoms with E-state index in [4.69, 9.17) is 5.73 Å². The summed E-state index contributed by atoms with van der Waals surface area (Å²) in [6, 6.07) is 6.81. The third-order valence-electron chi connectivity index (χ3n) is 3.82. The van der Waals surface area contributed by atoms with Crippen LogP contribution in [0.25, 0.3) is 0 Å². The average Bonchev–Trinajstić information content (AvgIpc) is 2.47. The number of hydrogen-bond acceptors (Lipinski definition) is 4. The van der Waals surface area contributed by atoms with Crippen molar-refractivity contribution >= 4 is 10.0 Å². The molecule has 1 fully saturated rings. The van der Waals surface area contributed by atoms with E-state index in [1.807, 2.05) is 6.92 Å². The molecular formula is C14H23N3O2S. The Kier molecular flexibility index (Phi) is 4.80. The lowest BCUT2D eigenvalue weighted by Crippen LogP contribution is -2.48. The number of likely N-dealkylation sites (N-methyl/N-ethyl adjacent to an activating group) is 1. The number of sulfonamides is 1. The molecule has 1 atom stereocenters. The number of rotatable bonds is 4. The van der Waals surface area contributed by atoms with Crippen LogP contribution in [0.15, 0.2) is 29.2 Å². The fourth-order valence-corrected chi connectivity index (χ4v) is 3.80. The van der Waals surface area contributed by atoms with Gasteiger partial charge >= 0.3 is 0 Å². The van der Waals surface area contributed by atoms with Crippen LogP contribution in [0.2, 0.25) is 0 Å². The number of piperazine rings is 1. The molecule has 1 aliphatic heterocycles. The molecule has 0 bridgehead atoms. The Hall–Kier alpha value is -0.950. The Labute approximate surface area is 121 Å². The summed E-state index contributed by atoms with van der Waals surface area (Å²) < 4.78 is 26.6. The van der Waals surface area contributed by atoms with E-state index in [9.17, 15) is 8.42 Å². The highest BCUT2D eigenvalue weighted by atomic mass is 32.2. The first-order chi connectivity index (χ1) is 9.45. The molecule has 1 aromatic rings. The maximum absolute atomic E-state index is 12.5. The van der Waals surface area contributed by atoms with Gasteiger partial charge in [-0.15, -0.1) is 0 Å². The molecule has 1 aromatic carbocycles. The van der Waals surface area contributed by atoms with Crippen molar-refractivity contribution in [1.82, 2.24) is 9.21 Å².